The summed E-state index contributed by atoms with van der Waals surface area (Å²) in [4.78, 5) is 14.7. The second-order valence-electron chi connectivity index (χ2n) is 11.4. The van der Waals surface area contributed by atoms with E-state index in [9.17, 15) is 8.42 Å². The normalized spacial score (nSPS) is 11.7. The van der Waals surface area contributed by atoms with E-state index in [0.29, 0.717) is 23.0 Å². The van der Waals surface area contributed by atoms with Gasteiger partial charge in [0.15, 0.2) is 17.5 Å². The van der Waals surface area contributed by atoms with E-state index in [1.54, 1.807) is 36.4 Å². The van der Waals surface area contributed by atoms with Crippen LogP contribution in [0.4, 0.5) is 0 Å². The third-order valence-electron chi connectivity index (χ3n) is 8.37. The lowest BCUT2D eigenvalue weighted by molar-refractivity contribution is 0.596. The van der Waals surface area contributed by atoms with E-state index in [4.69, 9.17) is 15.0 Å². The van der Waals surface area contributed by atoms with Crippen molar-refractivity contribution in [3.05, 3.63) is 157 Å². The fourth-order valence-electron chi connectivity index (χ4n) is 5.95. The van der Waals surface area contributed by atoms with Crippen LogP contribution in [0.2, 0.25) is 0 Å². The predicted molar refractivity (Wildman–Crippen MR) is 187 cm³/mol. The lowest BCUT2D eigenvalue weighted by Gasteiger charge is -2.10. The molecule has 0 amide bonds. The van der Waals surface area contributed by atoms with E-state index in [0.717, 1.165) is 38.6 Å². The van der Waals surface area contributed by atoms with Gasteiger partial charge in [0, 0.05) is 33.2 Å². The minimum Gasteiger partial charge on any atom is -0.309 e. The maximum atomic E-state index is 14.0. The van der Waals surface area contributed by atoms with Gasteiger partial charge in [-0.05, 0) is 67.6 Å². The minimum atomic E-state index is -3.82. The summed E-state index contributed by atoms with van der Waals surface area (Å²) in [5.74, 6) is 1.56. The van der Waals surface area contributed by atoms with Crippen molar-refractivity contribution in [3.8, 4) is 39.9 Å². The number of aryl methyl sites for hydroxylation is 1. The molecule has 0 fully saturated rings. The lowest BCUT2D eigenvalue weighted by atomic mass is 10.1. The first kappa shape index (κ1) is 28.5. The third-order valence-corrected chi connectivity index (χ3v) is 10.1. The van der Waals surface area contributed by atoms with Gasteiger partial charge in [0.05, 0.1) is 20.8 Å². The second kappa shape index (κ2) is 11.5. The second-order valence-corrected chi connectivity index (χ2v) is 13.4. The fraction of sp³-hybridized carbons (Fsp3) is 0.0250. The maximum absolute atomic E-state index is 14.0. The van der Waals surface area contributed by atoms with Gasteiger partial charge in [0.1, 0.15) is 0 Å². The molecule has 226 valence electrons. The third kappa shape index (κ3) is 5.16. The molecular formula is C40H28N4O2S. The van der Waals surface area contributed by atoms with Crippen molar-refractivity contribution >= 4 is 31.6 Å². The van der Waals surface area contributed by atoms with Crippen LogP contribution in [0.25, 0.3) is 61.7 Å². The highest BCUT2D eigenvalue weighted by Gasteiger charge is 2.21. The fourth-order valence-corrected chi connectivity index (χ4v) is 7.23. The molecule has 0 bridgehead atoms. The maximum Gasteiger partial charge on any atom is 0.206 e. The van der Waals surface area contributed by atoms with Crippen molar-refractivity contribution in [3.63, 3.8) is 0 Å². The van der Waals surface area contributed by atoms with Gasteiger partial charge in [-0.25, -0.2) is 23.4 Å². The molecule has 0 saturated heterocycles. The number of fused-ring (bicyclic) bond motifs is 3. The first-order valence-electron chi connectivity index (χ1n) is 15.3. The Bertz CT molecular complexity index is 2450. The Morgan fingerprint density at radius 3 is 1.55 bits per heavy atom. The molecular weight excluding hydrogens is 601 g/mol. The first-order valence-corrected chi connectivity index (χ1v) is 16.8. The van der Waals surface area contributed by atoms with Crippen molar-refractivity contribution in [2.75, 3.05) is 0 Å². The monoisotopic (exact) mass is 628 g/mol. The number of benzene rings is 6. The van der Waals surface area contributed by atoms with Crippen molar-refractivity contribution in [1.82, 2.24) is 19.5 Å². The number of rotatable bonds is 6. The first-order chi connectivity index (χ1) is 23.0. The van der Waals surface area contributed by atoms with Crippen molar-refractivity contribution in [1.29, 1.82) is 0 Å². The molecule has 47 heavy (non-hydrogen) atoms. The van der Waals surface area contributed by atoms with Gasteiger partial charge in [0.25, 0.3) is 0 Å². The molecule has 0 aliphatic heterocycles. The number of aromatic nitrogens is 4. The topological polar surface area (TPSA) is 77.7 Å². The Labute approximate surface area is 272 Å². The number of hydrogen-bond acceptors (Lipinski definition) is 5. The van der Waals surface area contributed by atoms with Gasteiger partial charge in [-0.3, -0.25) is 0 Å². The molecule has 8 aromatic rings. The summed E-state index contributed by atoms with van der Waals surface area (Å²) < 4.78 is 30.2. The molecule has 0 atom stereocenters. The Morgan fingerprint density at radius 2 is 0.957 bits per heavy atom. The molecule has 0 aliphatic carbocycles. The zero-order valence-electron chi connectivity index (χ0n) is 25.4. The Kier molecular flexibility index (Phi) is 6.96. The van der Waals surface area contributed by atoms with Gasteiger partial charge >= 0.3 is 0 Å². The van der Waals surface area contributed by atoms with Crippen LogP contribution in [-0.4, -0.2) is 27.9 Å². The summed E-state index contributed by atoms with van der Waals surface area (Å²) in [6.07, 6.45) is 0. The zero-order chi connectivity index (χ0) is 32.0. The number of sulfone groups is 1. The van der Waals surface area contributed by atoms with E-state index < -0.39 is 9.84 Å². The molecule has 6 nitrogen and oxygen atoms in total. The molecule has 0 saturated carbocycles. The van der Waals surface area contributed by atoms with Crippen LogP contribution in [0.15, 0.2) is 161 Å². The van der Waals surface area contributed by atoms with E-state index >= 15 is 0 Å². The number of para-hydroxylation sites is 1. The summed E-state index contributed by atoms with van der Waals surface area (Å²) in [5, 5.41) is 1.87. The van der Waals surface area contributed by atoms with Crippen LogP contribution in [-0.2, 0) is 9.84 Å². The molecule has 0 N–H and O–H groups in total. The summed E-state index contributed by atoms with van der Waals surface area (Å²) in [6, 6.07) is 48.1. The smallest absolute Gasteiger partial charge is 0.206 e. The van der Waals surface area contributed by atoms with E-state index in [-0.39, 0.29) is 9.79 Å². The molecule has 6 aromatic carbocycles. The van der Waals surface area contributed by atoms with Crippen molar-refractivity contribution in [2.24, 2.45) is 0 Å². The van der Waals surface area contributed by atoms with E-state index in [2.05, 4.69) is 41.8 Å². The molecule has 0 radical (unpaired) electrons. The van der Waals surface area contributed by atoms with E-state index in [1.165, 1.54) is 5.56 Å². The van der Waals surface area contributed by atoms with Gasteiger partial charge in [-0.2, -0.15) is 0 Å². The summed E-state index contributed by atoms with van der Waals surface area (Å²) in [7, 11) is -3.82. The summed E-state index contributed by atoms with van der Waals surface area (Å²) >= 11 is 0. The van der Waals surface area contributed by atoms with Gasteiger partial charge < -0.3 is 4.57 Å². The van der Waals surface area contributed by atoms with Gasteiger partial charge in [-0.1, -0.05) is 96.6 Å². The van der Waals surface area contributed by atoms with Crippen LogP contribution in [0.1, 0.15) is 5.56 Å². The molecule has 8 rings (SSSR count). The predicted octanol–water partition coefficient (Wildman–Crippen LogP) is 9.11. The van der Waals surface area contributed by atoms with Crippen LogP contribution >= 0.6 is 0 Å². The van der Waals surface area contributed by atoms with Gasteiger partial charge in [-0.15, -0.1) is 0 Å². The SMILES string of the molecule is Cc1ccc(-n2c3ccccc3c3cc(S(=O)(=O)c4ccc(-c5nc(-c6ccccc6)nc(-c6ccccc6)n5)cc4)ccc32)cc1. The summed E-state index contributed by atoms with van der Waals surface area (Å²) in [6.45, 7) is 2.06. The van der Waals surface area contributed by atoms with Crippen LogP contribution in [0, 0.1) is 6.92 Å². The molecule has 2 aromatic heterocycles. The quantitative estimate of drug-likeness (QED) is 0.184. The number of hydrogen-bond donors (Lipinski definition) is 0. The Balaban J connectivity index is 1.19. The average Bonchev–Trinajstić information content (AvgIpc) is 3.46. The van der Waals surface area contributed by atoms with Crippen molar-refractivity contribution < 1.29 is 8.42 Å². The highest BCUT2D eigenvalue weighted by molar-refractivity contribution is 7.91. The van der Waals surface area contributed by atoms with Crippen LogP contribution in [0.5, 0.6) is 0 Å². The Morgan fingerprint density at radius 1 is 0.468 bits per heavy atom. The molecule has 0 spiro atoms. The summed E-state index contributed by atoms with van der Waals surface area (Å²) in [5.41, 5.74) is 6.60. The lowest BCUT2D eigenvalue weighted by Crippen LogP contribution is -2.03. The number of nitrogens with zero attached hydrogens (tertiary/aromatic N) is 4. The van der Waals surface area contributed by atoms with Crippen LogP contribution < -0.4 is 0 Å². The molecule has 0 aliphatic rings. The highest BCUT2D eigenvalue weighted by Crippen LogP contribution is 2.35. The molecule has 7 heteroatoms. The molecule has 0 unspecified atom stereocenters. The Hall–Kier alpha value is -5.92. The van der Waals surface area contributed by atoms with Gasteiger partial charge in [0.2, 0.25) is 9.84 Å². The zero-order valence-corrected chi connectivity index (χ0v) is 26.3. The largest absolute Gasteiger partial charge is 0.309 e. The van der Waals surface area contributed by atoms with Crippen LogP contribution in [0.3, 0.4) is 0 Å². The highest BCUT2D eigenvalue weighted by atomic mass is 32.2. The molecule has 2 heterocycles. The standard InChI is InChI=1S/C40H28N4O2S/c1-27-16-20-31(21-17-27)44-36-15-9-8-14-34(36)35-26-33(24-25-37(35)44)47(45,46)32-22-18-30(19-23-32)40-42-38(28-10-4-2-5-11-28)41-39(43-40)29-12-6-3-7-13-29/h2-26H,1H3. The minimum absolute atomic E-state index is 0.198. The average molecular weight is 629 g/mol. The van der Waals surface area contributed by atoms with Crippen molar-refractivity contribution in [2.45, 2.75) is 16.7 Å². The van der Waals surface area contributed by atoms with E-state index in [1.807, 2.05) is 84.9 Å².